The highest BCUT2D eigenvalue weighted by Gasteiger charge is 2.25. The summed E-state index contributed by atoms with van der Waals surface area (Å²) in [5.41, 5.74) is -0.0435. The van der Waals surface area contributed by atoms with Crippen molar-refractivity contribution >= 4 is 23.8 Å². The van der Waals surface area contributed by atoms with Crippen molar-refractivity contribution in [1.29, 1.82) is 0 Å². The number of rotatable bonds is 3. The van der Waals surface area contributed by atoms with Crippen molar-refractivity contribution in [2.75, 3.05) is 14.2 Å². The predicted octanol–water partition coefficient (Wildman–Crippen LogP) is 1.61. The second-order valence-corrected chi connectivity index (χ2v) is 4.55. The summed E-state index contributed by atoms with van der Waals surface area (Å²) in [6.07, 6.45) is 3.54. The van der Waals surface area contributed by atoms with Crippen LogP contribution in [0.4, 0.5) is 8.78 Å². The molecule has 1 aliphatic heterocycles. The van der Waals surface area contributed by atoms with Gasteiger partial charge in [0.1, 0.15) is 11.5 Å². The molecule has 0 aliphatic carbocycles. The Bertz CT molecular complexity index is 746. The maximum atomic E-state index is 13.3. The molecule has 8 heteroatoms. The molecule has 120 valence electrons. The number of amides is 1. The third kappa shape index (κ3) is 3.42. The van der Waals surface area contributed by atoms with Crippen LogP contribution >= 0.6 is 0 Å². The summed E-state index contributed by atoms with van der Waals surface area (Å²) in [5.74, 6) is -4.34. The molecule has 0 radical (unpaired) electrons. The number of carbonyl (C=O) groups is 2. The minimum atomic E-state index is -1.15. The van der Waals surface area contributed by atoms with E-state index >= 15 is 0 Å². The van der Waals surface area contributed by atoms with Crippen LogP contribution in [0.5, 0.6) is 5.75 Å². The van der Waals surface area contributed by atoms with Gasteiger partial charge in [0.25, 0.3) is 5.91 Å². The van der Waals surface area contributed by atoms with Crippen molar-refractivity contribution in [3.8, 4) is 5.75 Å². The third-order valence-electron chi connectivity index (χ3n) is 3.01. The van der Waals surface area contributed by atoms with E-state index in [2.05, 4.69) is 9.73 Å². The zero-order valence-corrected chi connectivity index (χ0v) is 12.2. The summed E-state index contributed by atoms with van der Waals surface area (Å²) in [7, 11) is 2.64. The van der Waals surface area contributed by atoms with E-state index in [-0.39, 0.29) is 17.1 Å². The van der Waals surface area contributed by atoms with Crippen LogP contribution in [0.2, 0.25) is 0 Å². The van der Waals surface area contributed by atoms with Crippen LogP contribution in [-0.2, 0) is 14.3 Å². The monoisotopic (exact) mass is 322 g/mol. The van der Waals surface area contributed by atoms with E-state index in [0.29, 0.717) is 0 Å². The largest absolute Gasteiger partial charge is 0.503 e. The van der Waals surface area contributed by atoms with Crippen LogP contribution in [0.1, 0.15) is 5.56 Å². The van der Waals surface area contributed by atoms with E-state index in [4.69, 9.17) is 5.11 Å². The Labute approximate surface area is 130 Å². The molecule has 0 unspecified atom stereocenters. The Morgan fingerprint density at radius 1 is 1.35 bits per heavy atom. The smallest absolute Gasteiger partial charge is 0.330 e. The number of halogens is 2. The molecule has 1 N–H and O–H groups in total. The second-order valence-electron chi connectivity index (χ2n) is 4.55. The summed E-state index contributed by atoms with van der Waals surface area (Å²) in [6, 6.07) is 1.74. The molecule has 0 saturated carbocycles. The number of hydrogen-bond donors (Lipinski definition) is 1. The van der Waals surface area contributed by atoms with Crippen molar-refractivity contribution in [1.82, 2.24) is 4.90 Å². The van der Waals surface area contributed by atoms with Crippen LogP contribution in [0.15, 0.2) is 35.0 Å². The lowest BCUT2D eigenvalue weighted by Crippen LogP contribution is -2.26. The molecular weight excluding hydrogens is 310 g/mol. The third-order valence-corrected chi connectivity index (χ3v) is 3.01. The molecule has 23 heavy (non-hydrogen) atoms. The van der Waals surface area contributed by atoms with Crippen molar-refractivity contribution in [3.05, 3.63) is 47.2 Å². The number of amidine groups is 1. The average Bonchev–Trinajstić information content (AvgIpc) is 2.78. The molecule has 0 saturated heterocycles. The fourth-order valence-corrected chi connectivity index (χ4v) is 1.80. The Balaban J connectivity index is 2.35. The van der Waals surface area contributed by atoms with Gasteiger partial charge in [0.05, 0.1) is 7.11 Å². The molecular formula is C15H12F2N2O4. The number of phenolic OH excluding ortho intramolecular Hbond substituents is 1. The quantitative estimate of drug-likeness (QED) is 0.677. The van der Waals surface area contributed by atoms with Gasteiger partial charge in [0.15, 0.2) is 17.4 Å². The van der Waals surface area contributed by atoms with E-state index in [0.717, 1.165) is 18.2 Å². The first-order valence-electron chi connectivity index (χ1n) is 6.36. The highest BCUT2D eigenvalue weighted by molar-refractivity contribution is 6.18. The van der Waals surface area contributed by atoms with Crippen LogP contribution in [0, 0.1) is 11.6 Å². The first kappa shape index (κ1) is 16.3. The van der Waals surface area contributed by atoms with Gasteiger partial charge >= 0.3 is 5.97 Å². The number of likely N-dealkylation sites (N-methyl/N-ethyl adjacent to an activating group) is 1. The molecule has 1 aromatic rings. The van der Waals surface area contributed by atoms with Crippen molar-refractivity contribution in [2.45, 2.75) is 0 Å². The molecule has 0 fully saturated rings. The number of aliphatic imine (C=N–C) groups is 1. The fraction of sp³-hybridized carbons (Fsp3) is 0.133. The second kappa shape index (κ2) is 6.39. The molecule has 1 amide bonds. The zero-order valence-electron chi connectivity index (χ0n) is 12.2. The van der Waals surface area contributed by atoms with E-state index < -0.39 is 29.3 Å². The minimum Gasteiger partial charge on any atom is -0.503 e. The van der Waals surface area contributed by atoms with Gasteiger partial charge in [-0.25, -0.2) is 18.6 Å². The Kier molecular flexibility index (Phi) is 4.54. The van der Waals surface area contributed by atoms with Crippen LogP contribution in [0.3, 0.4) is 0 Å². The van der Waals surface area contributed by atoms with Gasteiger partial charge in [-0.2, -0.15) is 0 Å². The fourth-order valence-electron chi connectivity index (χ4n) is 1.80. The molecule has 1 aromatic carbocycles. The van der Waals surface area contributed by atoms with Gasteiger partial charge in [0, 0.05) is 13.1 Å². The van der Waals surface area contributed by atoms with Crippen molar-refractivity contribution in [3.63, 3.8) is 0 Å². The van der Waals surface area contributed by atoms with Crippen molar-refractivity contribution in [2.24, 2.45) is 4.99 Å². The van der Waals surface area contributed by atoms with E-state index in [1.165, 1.54) is 31.2 Å². The van der Waals surface area contributed by atoms with Gasteiger partial charge in [-0.3, -0.25) is 9.69 Å². The lowest BCUT2D eigenvalue weighted by atomic mass is 10.1. The summed E-state index contributed by atoms with van der Waals surface area (Å²) in [4.78, 5) is 28.2. The number of nitrogens with zero attached hydrogens (tertiary/aromatic N) is 2. The summed E-state index contributed by atoms with van der Waals surface area (Å²) < 4.78 is 31.0. The zero-order chi connectivity index (χ0) is 17.1. The maximum Gasteiger partial charge on any atom is 0.330 e. The Morgan fingerprint density at radius 2 is 1.96 bits per heavy atom. The Morgan fingerprint density at radius 3 is 2.52 bits per heavy atom. The van der Waals surface area contributed by atoms with E-state index in [9.17, 15) is 18.4 Å². The van der Waals surface area contributed by atoms with E-state index in [1.807, 2.05) is 0 Å². The number of phenols is 1. The number of methoxy groups -OCH3 is 1. The number of hydrogen-bond acceptors (Lipinski definition) is 5. The molecule has 0 aromatic heterocycles. The van der Waals surface area contributed by atoms with Crippen LogP contribution in [-0.4, -0.2) is 41.9 Å². The molecule has 0 spiro atoms. The molecule has 2 rings (SSSR count). The number of carbonyl (C=O) groups excluding carboxylic acids is 2. The number of benzene rings is 1. The van der Waals surface area contributed by atoms with Gasteiger partial charge in [-0.15, -0.1) is 0 Å². The SMILES string of the molecule is COC(=O)/C=C/C1=NC(=C/c2cc(F)c(O)c(F)c2)/C(=O)N1C. The first-order chi connectivity index (χ1) is 10.8. The molecule has 0 bridgehead atoms. The van der Waals surface area contributed by atoms with Gasteiger partial charge in [-0.05, 0) is 29.8 Å². The van der Waals surface area contributed by atoms with E-state index in [1.54, 1.807) is 0 Å². The minimum absolute atomic E-state index is 0.0245. The highest BCUT2D eigenvalue weighted by atomic mass is 19.1. The van der Waals surface area contributed by atoms with Crippen LogP contribution in [0.25, 0.3) is 6.08 Å². The summed E-state index contributed by atoms with van der Waals surface area (Å²) in [5, 5.41) is 9.05. The molecule has 6 nitrogen and oxygen atoms in total. The van der Waals surface area contributed by atoms with Crippen LogP contribution < -0.4 is 0 Å². The number of ether oxygens (including phenoxy) is 1. The predicted molar refractivity (Wildman–Crippen MR) is 77.4 cm³/mol. The normalized spacial score (nSPS) is 16.3. The van der Waals surface area contributed by atoms with Gasteiger partial charge in [0.2, 0.25) is 0 Å². The number of esters is 1. The lowest BCUT2D eigenvalue weighted by molar-refractivity contribution is -0.134. The summed E-state index contributed by atoms with van der Waals surface area (Å²) >= 11 is 0. The Hall–Kier alpha value is -3.03. The molecule has 1 heterocycles. The maximum absolute atomic E-state index is 13.3. The molecule has 1 aliphatic rings. The van der Waals surface area contributed by atoms with Gasteiger partial charge < -0.3 is 9.84 Å². The molecule has 0 atom stereocenters. The van der Waals surface area contributed by atoms with Gasteiger partial charge in [-0.1, -0.05) is 0 Å². The first-order valence-corrected chi connectivity index (χ1v) is 6.36. The standard InChI is InChI=1S/C15H12F2N2O4/c1-19-12(3-4-13(20)23-2)18-11(15(19)22)7-8-5-9(16)14(21)10(17)6-8/h3-7,21H,1-2H3/b4-3+,11-7+. The highest BCUT2D eigenvalue weighted by Crippen LogP contribution is 2.24. The lowest BCUT2D eigenvalue weighted by Gasteiger charge is -2.07. The summed E-state index contributed by atoms with van der Waals surface area (Å²) in [6.45, 7) is 0. The van der Waals surface area contributed by atoms with Crippen molar-refractivity contribution < 1.29 is 28.2 Å². The average molecular weight is 322 g/mol. The number of aromatic hydroxyl groups is 1. The topological polar surface area (TPSA) is 79.2 Å².